The van der Waals surface area contributed by atoms with Gasteiger partial charge in [-0.3, -0.25) is 0 Å². The van der Waals surface area contributed by atoms with Crippen molar-refractivity contribution in [2.75, 3.05) is 18.5 Å². The van der Waals surface area contributed by atoms with Crippen molar-refractivity contribution in [1.82, 2.24) is 0 Å². The highest BCUT2D eigenvalue weighted by molar-refractivity contribution is 5.48. The number of rotatable bonds is 9. The molecule has 1 saturated heterocycles. The van der Waals surface area contributed by atoms with Crippen molar-refractivity contribution < 1.29 is 14.2 Å². The lowest BCUT2D eigenvalue weighted by Gasteiger charge is -2.14. The molecule has 1 aliphatic heterocycles. The molecule has 140 valence electrons. The minimum atomic E-state index is 0.239. The SMILES string of the molecule is CC[C@@H](C)Oc1ccc(CNc2cccc(OC[C@@H]3CCCO3)c2)cc1. The van der Waals surface area contributed by atoms with Crippen LogP contribution in [0.2, 0.25) is 0 Å². The second-order valence-electron chi connectivity index (χ2n) is 6.81. The molecule has 1 N–H and O–H groups in total. The van der Waals surface area contributed by atoms with Gasteiger partial charge in [-0.2, -0.15) is 0 Å². The third-order valence-electron chi connectivity index (χ3n) is 4.63. The summed E-state index contributed by atoms with van der Waals surface area (Å²) in [6, 6.07) is 16.4. The van der Waals surface area contributed by atoms with Crippen LogP contribution in [0, 0.1) is 0 Å². The lowest BCUT2D eigenvalue weighted by atomic mass is 10.2. The van der Waals surface area contributed by atoms with Gasteiger partial charge in [0, 0.05) is 24.9 Å². The first-order valence-electron chi connectivity index (χ1n) is 9.57. The third-order valence-corrected chi connectivity index (χ3v) is 4.63. The zero-order chi connectivity index (χ0) is 18.2. The Bertz CT molecular complexity index is 665. The van der Waals surface area contributed by atoms with E-state index in [1.54, 1.807) is 0 Å². The van der Waals surface area contributed by atoms with E-state index in [2.05, 4.69) is 37.4 Å². The van der Waals surface area contributed by atoms with Gasteiger partial charge >= 0.3 is 0 Å². The van der Waals surface area contributed by atoms with Gasteiger partial charge in [-0.05, 0) is 56.0 Å². The van der Waals surface area contributed by atoms with E-state index in [0.29, 0.717) is 6.61 Å². The lowest BCUT2D eigenvalue weighted by Crippen LogP contribution is -2.16. The fourth-order valence-corrected chi connectivity index (χ4v) is 2.87. The predicted octanol–water partition coefficient (Wildman–Crippen LogP) is 5.03. The Kier molecular flexibility index (Phi) is 6.78. The Labute approximate surface area is 156 Å². The van der Waals surface area contributed by atoms with Crippen LogP contribution >= 0.6 is 0 Å². The summed E-state index contributed by atoms with van der Waals surface area (Å²) in [6.07, 6.45) is 3.72. The number of anilines is 1. The van der Waals surface area contributed by atoms with Crippen molar-refractivity contribution in [3.8, 4) is 11.5 Å². The molecule has 2 atom stereocenters. The maximum atomic E-state index is 5.86. The van der Waals surface area contributed by atoms with Gasteiger partial charge in [-0.25, -0.2) is 0 Å². The zero-order valence-electron chi connectivity index (χ0n) is 15.7. The average Bonchev–Trinajstić information content (AvgIpc) is 3.20. The molecule has 0 aliphatic carbocycles. The number of nitrogens with one attached hydrogen (secondary N) is 1. The van der Waals surface area contributed by atoms with Gasteiger partial charge in [0.05, 0.1) is 12.2 Å². The molecule has 0 aromatic heterocycles. The number of hydrogen-bond acceptors (Lipinski definition) is 4. The first-order valence-corrected chi connectivity index (χ1v) is 9.57. The molecule has 1 heterocycles. The molecule has 1 aliphatic rings. The first kappa shape index (κ1) is 18.6. The minimum Gasteiger partial charge on any atom is -0.491 e. The fraction of sp³-hybridized carbons (Fsp3) is 0.455. The summed E-state index contributed by atoms with van der Waals surface area (Å²) in [6.45, 7) is 6.46. The molecule has 3 rings (SSSR count). The summed E-state index contributed by atoms with van der Waals surface area (Å²) in [5.41, 5.74) is 2.27. The number of benzene rings is 2. The van der Waals surface area contributed by atoms with Gasteiger partial charge in [-0.1, -0.05) is 25.1 Å². The van der Waals surface area contributed by atoms with Crippen molar-refractivity contribution in [2.24, 2.45) is 0 Å². The molecular weight excluding hydrogens is 326 g/mol. The van der Waals surface area contributed by atoms with Crippen LogP contribution in [0.5, 0.6) is 11.5 Å². The van der Waals surface area contributed by atoms with Crippen molar-refractivity contribution in [1.29, 1.82) is 0 Å². The highest BCUT2D eigenvalue weighted by atomic mass is 16.5. The summed E-state index contributed by atoms with van der Waals surface area (Å²) in [4.78, 5) is 0. The maximum Gasteiger partial charge on any atom is 0.121 e. The normalized spacial score (nSPS) is 17.7. The highest BCUT2D eigenvalue weighted by Gasteiger charge is 2.15. The smallest absolute Gasteiger partial charge is 0.121 e. The Morgan fingerprint density at radius 2 is 2.00 bits per heavy atom. The molecule has 0 spiro atoms. The van der Waals surface area contributed by atoms with E-state index in [9.17, 15) is 0 Å². The van der Waals surface area contributed by atoms with Crippen LogP contribution in [-0.2, 0) is 11.3 Å². The van der Waals surface area contributed by atoms with E-state index in [1.165, 1.54) is 5.56 Å². The second-order valence-corrected chi connectivity index (χ2v) is 6.81. The molecule has 1 fully saturated rings. The third kappa shape index (κ3) is 5.67. The number of hydrogen-bond donors (Lipinski definition) is 1. The monoisotopic (exact) mass is 355 g/mol. The van der Waals surface area contributed by atoms with Crippen LogP contribution in [0.4, 0.5) is 5.69 Å². The summed E-state index contributed by atoms with van der Waals surface area (Å²) >= 11 is 0. The second kappa shape index (κ2) is 9.48. The van der Waals surface area contributed by atoms with E-state index >= 15 is 0 Å². The molecule has 4 heteroatoms. The summed E-state index contributed by atoms with van der Waals surface area (Å²) in [5.74, 6) is 1.80. The molecule has 2 aromatic rings. The van der Waals surface area contributed by atoms with Crippen molar-refractivity contribution in [3.05, 3.63) is 54.1 Å². The lowest BCUT2D eigenvalue weighted by molar-refractivity contribution is 0.0680. The van der Waals surface area contributed by atoms with E-state index in [-0.39, 0.29) is 12.2 Å². The molecular formula is C22H29NO3. The van der Waals surface area contributed by atoms with E-state index in [4.69, 9.17) is 14.2 Å². The van der Waals surface area contributed by atoms with Gasteiger partial charge in [-0.15, -0.1) is 0 Å². The molecule has 0 saturated carbocycles. The van der Waals surface area contributed by atoms with Gasteiger partial charge in [0.25, 0.3) is 0 Å². The van der Waals surface area contributed by atoms with Crippen LogP contribution < -0.4 is 14.8 Å². The van der Waals surface area contributed by atoms with Crippen LogP contribution in [-0.4, -0.2) is 25.4 Å². The van der Waals surface area contributed by atoms with Crippen molar-refractivity contribution in [2.45, 2.75) is 51.9 Å². The zero-order valence-corrected chi connectivity index (χ0v) is 15.7. The van der Waals surface area contributed by atoms with Crippen molar-refractivity contribution in [3.63, 3.8) is 0 Å². The maximum absolute atomic E-state index is 5.86. The summed E-state index contributed by atoms with van der Waals surface area (Å²) in [5, 5.41) is 3.45. The van der Waals surface area contributed by atoms with Crippen molar-refractivity contribution >= 4 is 5.69 Å². The minimum absolute atomic E-state index is 0.239. The molecule has 2 aromatic carbocycles. The summed E-state index contributed by atoms with van der Waals surface area (Å²) in [7, 11) is 0. The molecule has 0 radical (unpaired) electrons. The number of ether oxygens (including phenoxy) is 3. The molecule has 26 heavy (non-hydrogen) atoms. The van der Waals surface area contributed by atoms with Crippen LogP contribution in [0.25, 0.3) is 0 Å². The van der Waals surface area contributed by atoms with Crippen LogP contribution in [0.15, 0.2) is 48.5 Å². The van der Waals surface area contributed by atoms with Crippen LogP contribution in [0.3, 0.4) is 0 Å². The Balaban J connectivity index is 1.48. The first-order chi connectivity index (χ1) is 12.7. The van der Waals surface area contributed by atoms with E-state index < -0.39 is 0 Å². The Morgan fingerprint density at radius 3 is 2.73 bits per heavy atom. The molecule has 0 unspecified atom stereocenters. The fourth-order valence-electron chi connectivity index (χ4n) is 2.87. The van der Waals surface area contributed by atoms with Crippen LogP contribution in [0.1, 0.15) is 38.7 Å². The van der Waals surface area contributed by atoms with E-state index in [1.807, 2.05) is 30.3 Å². The average molecular weight is 355 g/mol. The Morgan fingerprint density at radius 1 is 1.15 bits per heavy atom. The van der Waals surface area contributed by atoms with Gasteiger partial charge in [0.2, 0.25) is 0 Å². The highest BCUT2D eigenvalue weighted by Crippen LogP contribution is 2.21. The topological polar surface area (TPSA) is 39.7 Å². The molecule has 4 nitrogen and oxygen atoms in total. The van der Waals surface area contributed by atoms with Gasteiger partial charge in [0.15, 0.2) is 0 Å². The predicted molar refractivity (Wildman–Crippen MR) is 105 cm³/mol. The molecule has 0 bridgehead atoms. The van der Waals surface area contributed by atoms with E-state index in [0.717, 1.165) is 49.6 Å². The Hall–Kier alpha value is -2.20. The summed E-state index contributed by atoms with van der Waals surface area (Å²) < 4.78 is 17.3. The largest absolute Gasteiger partial charge is 0.491 e. The quantitative estimate of drug-likeness (QED) is 0.684. The standard InChI is InChI=1S/C22H29NO3/c1-3-17(2)26-20-11-9-18(10-12-20)15-23-19-6-4-7-21(14-19)25-16-22-8-5-13-24-22/h4,6-7,9-12,14,17,22-23H,3,5,8,13,15-16H2,1-2H3/t17-,22+/m1/s1. The molecule has 0 amide bonds. The van der Waals surface area contributed by atoms with Gasteiger partial charge < -0.3 is 19.5 Å². The van der Waals surface area contributed by atoms with Gasteiger partial charge in [0.1, 0.15) is 18.1 Å².